The van der Waals surface area contributed by atoms with Crippen LogP contribution in [0.4, 0.5) is 0 Å². The van der Waals surface area contributed by atoms with E-state index in [1.165, 1.54) is 0 Å². The lowest BCUT2D eigenvalue weighted by Gasteiger charge is -1.90. The molecule has 1 aliphatic rings. The molecule has 2 heterocycles. The second-order valence-electron chi connectivity index (χ2n) is 3.81. The fourth-order valence-electron chi connectivity index (χ4n) is 2.08. The van der Waals surface area contributed by atoms with E-state index in [9.17, 15) is 4.79 Å². The first-order chi connectivity index (χ1) is 6.66. The molecule has 0 bridgehead atoms. The lowest BCUT2D eigenvalue weighted by atomic mass is 10.2. The van der Waals surface area contributed by atoms with Crippen molar-refractivity contribution in [3.8, 4) is 11.4 Å². The molecule has 0 aromatic carbocycles. The Labute approximate surface area is 81.2 Å². The van der Waals surface area contributed by atoms with Crippen LogP contribution in [0.2, 0.25) is 0 Å². The Morgan fingerprint density at radius 2 is 1.36 bits per heavy atom. The van der Waals surface area contributed by atoms with E-state index < -0.39 is 0 Å². The largest absolute Gasteiger partial charge is 0.357 e. The van der Waals surface area contributed by atoms with Gasteiger partial charge in [0.1, 0.15) is 0 Å². The van der Waals surface area contributed by atoms with Crippen LogP contribution in [0.15, 0.2) is 12.1 Å². The molecule has 0 amide bonds. The van der Waals surface area contributed by atoms with E-state index in [4.69, 9.17) is 0 Å². The van der Waals surface area contributed by atoms with Crippen LogP contribution in [0.1, 0.15) is 27.3 Å². The molecule has 0 radical (unpaired) electrons. The Balaban J connectivity index is 2.37. The molecule has 2 aromatic rings. The maximum absolute atomic E-state index is 11.9. The minimum absolute atomic E-state index is 0.128. The van der Waals surface area contributed by atoms with Gasteiger partial charge in [-0.25, -0.2) is 0 Å². The average molecular weight is 186 g/mol. The van der Waals surface area contributed by atoms with E-state index in [-0.39, 0.29) is 5.78 Å². The summed E-state index contributed by atoms with van der Waals surface area (Å²) in [5.41, 5.74) is 5.53. The monoisotopic (exact) mass is 186 g/mol. The summed E-state index contributed by atoms with van der Waals surface area (Å²) in [6.45, 7) is 3.92. The first kappa shape index (κ1) is 7.62. The number of nitrogens with one attached hydrogen (secondary N) is 2. The molecule has 0 unspecified atom stereocenters. The molecule has 0 saturated carbocycles. The van der Waals surface area contributed by atoms with Crippen molar-refractivity contribution in [1.29, 1.82) is 0 Å². The van der Waals surface area contributed by atoms with Crippen LogP contribution >= 0.6 is 0 Å². The van der Waals surface area contributed by atoms with Crippen molar-refractivity contribution >= 4 is 5.78 Å². The lowest BCUT2D eigenvalue weighted by Crippen LogP contribution is -1.91. The van der Waals surface area contributed by atoms with Crippen LogP contribution in [0.25, 0.3) is 11.4 Å². The lowest BCUT2D eigenvalue weighted by molar-refractivity contribution is 0.104. The van der Waals surface area contributed by atoms with Gasteiger partial charge in [-0.2, -0.15) is 0 Å². The summed E-state index contributed by atoms with van der Waals surface area (Å²) < 4.78 is 0. The Morgan fingerprint density at radius 3 is 1.79 bits per heavy atom. The number of ketones is 1. The number of aryl methyl sites for hydroxylation is 2. The van der Waals surface area contributed by atoms with Gasteiger partial charge in [-0.05, 0) is 26.0 Å². The van der Waals surface area contributed by atoms with E-state index in [0.717, 1.165) is 33.9 Å². The Bertz CT molecular complexity index is 497. The highest BCUT2D eigenvalue weighted by Gasteiger charge is 2.30. The van der Waals surface area contributed by atoms with Crippen molar-refractivity contribution in [2.75, 3.05) is 0 Å². The number of H-pyrrole nitrogens is 2. The van der Waals surface area contributed by atoms with Crippen LogP contribution in [0, 0.1) is 13.8 Å². The van der Waals surface area contributed by atoms with E-state index >= 15 is 0 Å². The molecule has 14 heavy (non-hydrogen) atoms. The number of rotatable bonds is 0. The molecule has 0 spiro atoms. The van der Waals surface area contributed by atoms with Gasteiger partial charge in [-0.3, -0.25) is 4.79 Å². The summed E-state index contributed by atoms with van der Waals surface area (Å²) in [5, 5.41) is 0. The molecular formula is C11H10N2O. The van der Waals surface area contributed by atoms with Gasteiger partial charge in [0.15, 0.2) is 5.78 Å². The molecule has 0 atom stereocenters. The van der Waals surface area contributed by atoms with Crippen molar-refractivity contribution in [3.63, 3.8) is 0 Å². The molecule has 70 valence electrons. The molecule has 0 saturated heterocycles. The van der Waals surface area contributed by atoms with Gasteiger partial charge in [0, 0.05) is 22.5 Å². The minimum atomic E-state index is 0.128. The second kappa shape index (κ2) is 2.18. The first-order valence-electron chi connectivity index (χ1n) is 4.61. The molecule has 3 heteroatoms. The molecule has 3 rings (SSSR count). The summed E-state index contributed by atoms with van der Waals surface area (Å²) >= 11 is 0. The molecule has 1 aliphatic carbocycles. The summed E-state index contributed by atoms with van der Waals surface area (Å²) in [6, 6.07) is 3.81. The summed E-state index contributed by atoms with van der Waals surface area (Å²) in [5.74, 6) is 0.128. The number of carbonyl (C=O) groups is 1. The normalized spacial score (nSPS) is 13.1. The topological polar surface area (TPSA) is 48.6 Å². The van der Waals surface area contributed by atoms with Gasteiger partial charge in [0.05, 0.1) is 11.4 Å². The van der Waals surface area contributed by atoms with Gasteiger partial charge < -0.3 is 9.97 Å². The summed E-state index contributed by atoms with van der Waals surface area (Å²) in [6.07, 6.45) is 0. The van der Waals surface area contributed by atoms with Crippen molar-refractivity contribution in [2.45, 2.75) is 13.8 Å². The third-order valence-corrected chi connectivity index (χ3v) is 2.64. The van der Waals surface area contributed by atoms with Crippen LogP contribution < -0.4 is 0 Å². The quantitative estimate of drug-likeness (QED) is 0.555. The maximum atomic E-state index is 11.9. The molecule has 0 fully saturated rings. The second-order valence-corrected chi connectivity index (χ2v) is 3.81. The molecule has 0 aliphatic heterocycles. The fraction of sp³-hybridized carbons (Fsp3) is 0.182. The smallest absolute Gasteiger partial charge is 0.197 e. The number of carbonyl (C=O) groups excluding carboxylic acids is 1. The number of hydrogen-bond donors (Lipinski definition) is 2. The SMILES string of the molecule is Cc1cc2c([nH]1)-c1[nH]c(C)cc1C2=O. The highest BCUT2D eigenvalue weighted by molar-refractivity contribution is 6.20. The van der Waals surface area contributed by atoms with Gasteiger partial charge in [0.2, 0.25) is 0 Å². The third-order valence-electron chi connectivity index (χ3n) is 2.64. The van der Waals surface area contributed by atoms with E-state index in [0.29, 0.717) is 0 Å². The van der Waals surface area contributed by atoms with Gasteiger partial charge in [-0.1, -0.05) is 0 Å². The van der Waals surface area contributed by atoms with E-state index in [1.54, 1.807) is 0 Å². The molecule has 3 nitrogen and oxygen atoms in total. The van der Waals surface area contributed by atoms with Crippen molar-refractivity contribution in [2.24, 2.45) is 0 Å². The molecular weight excluding hydrogens is 176 g/mol. The summed E-state index contributed by atoms with van der Waals surface area (Å²) in [4.78, 5) is 18.3. The third kappa shape index (κ3) is 0.744. The standard InChI is InChI=1S/C11H10N2O/c1-5-3-7-9(12-5)10-8(11(7)14)4-6(2)13-10/h3-4,12-13H,1-2H3. The van der Waals surface area contributed by atoms with Crippen LogP contribution in [0.3, 0.4) is 0 Å². The Morgan fingerprint density at radius 1 is 0.929 bits per heavy atom. The Kier molecular flexibility index (Phi) is 1.18. The predicted molar refractivity (Wildman–Crippen MR) is 53.5 cm³/mol. The van der Waals surface area contributed by atoms with Crippen molar-refractivity contribution in [3.05, 3.63) is 34.6 Å². The first-order valence-corrected chi connectivity index (χ1v) is 4.61. The van der Waals surface area contributed by atoms with Crippen LogP contribution in [0.5, 0.6) is 0 Å². The minimum Gasteiger partial charge on any atom is -0.357 e. The van der Waals surface area contributed by atoms with Gasteiger partial charge in [-0.15, -0.1) is 0 Å². The highest BCUT2D eigenvalue weighted by Crippen LogP contribution is 2.35. The zero-order valence-electron chi connectivity index (χ0n) is 8.06. The highest BCUT2D eigenvalue weighted by atomic mass is 16.1. The predicted octanol–water partition coefficient (Wildman–Crippen LogP) is 2.17. The molecule has 2 aromatic heterocycles. The number of aromatic amines is 2. The number of fused-ring (bicyclic) bond motifs is 3. The number of aromatic nitrogens is 2. The van der Waals surface area contributed by atoms with E-state index in [1.807, 2.05) is 26.0 Å². The molecule has 2 N–H and O–H groups in total. The van der Waals surface area contributed by atoms with Crippen LogP contribution in [-0.2, 0) is 0 Å². The van der Waals surface area contributed by atoms with E-state index in [2.05, 4.69) is 9.97 Å². The maximum Gasteiger partial charge on any atom is 0.197 e. The fourth-order valence-corrected chi connectivity index (χ4v) is 2.08. The number of hydrogen-bond acceptors (Lipinski definition) is 1. The zero-order chi connectivity index (χ0) is 9.87. The Hall–Kier alpha value is -1.77. The van der Waals surface area contributed by atoms with Gasteiger partial charge in [0.25, 0.3) is 0 Å². The zero-order valence-corrected chi connectivity index (χ0v) is 8.06. The summed E-state index contributed by atoms with van der Waals surface area (Å²) in [7, 11) is 0. The average Bonchev–Trinajstić information content (AvgIpc) is 2.71. The van der Waals surface area contributed by atoms with Crippen molar-refractivity contribution in [1.82, 2.24) is 9.97 Å². The van der Waals surface area contributed by atoms with Crippen LogP contribution in [-0.4, -0.2) is 15.8 Å². The van der Waals surface area contributed by atoms with Crippen molar-refractivity contribution < 1.29 is 4.79 Å². The van der Waals surface area contributed by atoms with Gasteiger partial charge >= 0.3 is 0 Å².